The molecule has 0 radical (unpaired) electrons. The van der Waals surface area contributed by atoms with Crippen LogP contribution in [0, 0.1) is 11.8 Å². The summed E-state index contributed by atoms with van der Waals surface area (Å²) in [7, 11) is -4.11. The Balaban J connectivity index is 1.44. The van der Waals surface area contributed by atoms with Crippen LogP contribution in [0.4, 0.5) is 5.82 Å². The highest BCUT2D eigenvalue weighted by molar-refractivity contribution is 7.52. The normalized spacial score (nSPS) is 28.6. The number of nitrogens with two attached hydrogens (primary N) is 1. The van der Waals surface area contributed by atoms with Gasteiger partial charge in [0.2, 0.25) is 0 Å². The highest BCUT2D eigenvalue weighted by Gasteiger charge is 2.58. The summed E-state index contributed by atoms with van der Waals surface area (Å²) in [6.07, 6.45) is 2.24. The molecular formula is C24H31N6O7P. The molecule has 1 saturated heterocycles. The molecule has 4 N–H and O–H groups in total. The maximum absolute atomic E-state index is 13.8. The average molecular weight is 547 g/mol. The van der Waals surface area contributed by atoms with Crippen molar-refractivity contribution < 1.29 is 33.0 Å². The number of carboxylic acid groups (broad SMARTS) is 1. The minimum absolute atomic E-state index is 0.0501. The number of nitrogen functional groups attached to an aromatic ring is 1. The molecule has 1 aromatic carbocycles. The molecule has 0 bridgehead atoms. The minimum atomic E-state index is -4.11. The Morgan fingerprint density at radius 2 is 1.95 bits per heavy atom. The Bertz CT molecular complexity index is 1370. The molecule has 3 heterocycles. The summed E-state index contributed by atoms with van der Waals surface area (Å²) < 4.78 is 39.9. The molecule has 14 heteroatoms. The van der Waals surface area contributed by atoms with Gasteiger partial charge in [0.1, 0.15) is 29.7 Å². The van der Waals surface area contributed by atoms with Crippen LogP contribution in [0.25, 0.3) is 11.2 Å². The summed E-state index contributed by atoms with van der Waals surface area (Å²) in [6, 6.07) is 7.00. The number of para-hydroxylation sites is 1. The first-order chi connectivity index (χ1) is 18.0. The highest BCUT2D eigenvalue weighted by Crippen LogP contribution is 2.53. The first kappa shape index (κ1) is 26.5. The second-order valence-corrected chi connectivity index (χ2v) is 11.7. The van der Waals surface area contributed by atoms with E-state index in [4.69, 9.17) is 24.3 Å². The van der Waals surface area contributed by atoms with Gasteiger partial charge < -0.3 is 29.4 Å². The number of hydrogen-bond acceptors (Lipinski definition) is 10. The van der Waals surface area contributed by atoms with Crippen LogP contribution in [0.15, 0.2) is 43.0 Å². The third-order valence-corrected chi connectivity index (χ3v) is 8.62. The van der Waals surface area contributed by atoms with Crippen molar-refractivity contribution in [3.05, 3.63) is 43.0 Å². The molecule has 1 saturated carbocycles. The largest absolute Gasteiger partial charge is 0.480 e. The van der Waals surface area contributed by atoms with E-state index in [-0.39, 0.29) is 42.2 Å². The number of anilines is 1. The standard InChI is InChI=1S/C24H31N6O7P/c1-13-16(10-34-38(33,29-14(2)23(31)32)37-15-8-6-5-7-9-15)19-20(36-24(3,4)35-19)18(13)30-12-28-17-21(25)26-11-27-22(17)30/h5-9,11-14,16,18-20H,10H2,1-4H3,(H,29,33)(H,31,32)(H2,25,26,27)/t13?,14?,16-,18+,19+,20-,38-/m0/s1. The Morgan fingerprint density at radius 1 is 1.24 bits per heavy atom. The Labute approximate surface area is 219 Å². The van der Waals surface area contributed by atoms with Crippen LogP contribution in [-0.2, 0) is 23.4 Å². The highest BCUT2D eigenvalue weighted by atomic mass is 31.2. The fraction of sp³-hybridized carbons (Fsp3) is 0.500. The Morgan fingerprint density at radius 3 is 2.66 bits per heavy atom. The van der Waals surface area contributed by atoms with Gasteiger partial charge in [-0.05, 0) is 38.8 Å². The van der Waals surface area contributed by atoms with E-state index in [1.165, 1.54) is 13.3 Å². The second-order valence-electron chi connectivity index (χ2n) is 10.0. The van der Waals surface area contributed by atoms with Gasteiger partial charge in [-0.25, -0.2) is 19.5 Å². The van der Waals surface area contributed by atoms with Gasteiger partial charge in [-0.2, -0.15) is 5.09 Å². The summed E-state index contributed by atoms with van der Waals surface area (Å²) in [4.78, 5) is 24.3. The van der Waals surface area contributed by atoms with Gasteiger partial charge >= 0.3 is 13.7 Å². The average Bonchev–Trinajstić information content (AvgIpc) is 3.48. The van der Waals surface area contributed by atoms with E-state index in [0.29, 0.717) is 11.2 Å². The van der Waals surface area contributed by atoms with E-state index in [1.807, 2.05) is 25.3 Å². The molecule has 7 atom stereocenters. The Hall–Kier alpha value is -3.09. The van der Waals surface area contributed by atoms with E-state index >= 15 is 0 Å². The van der Waals surface area contributed by atoms with E-state index in [9.17, 15) is 14.5 Å². The maximum Gasteiger partial charge on any atom is 0.459 e. The topological polar surface area (TPSA) is 173 Å². The molecule has 0 amide bonds. The number of ether oxygens (including phenoxy) is 2. The van der Waals surface area contributed by atoms with Crippen LogP contribution in [0.2, 0.25) is 0 Å². The number of aromatic nitrogens is 4. The van der Waals surface area contributed by atoms with Crippen molar-refractivity contribution >= 4 is 30.7 Å². The monoisotopic (exact) mass is 546 g/mol. The van der Waals surface area contributed by atoms with Gasteiger partial charge in [-0.1, -0.05) is 25.1 Å². The van der Waals surface area contributed by atoms with Gasteiger partial charge in [0.15, 0.2) is 17.3 Å². The van der Waals surface area contributed by atoms with E-state index < -0.39 is 31.6 Å². The molecule has 1 aliphatic carbocycles. The number of hydrogen-bond donors (Lipinski definition) is 3. The summed E-state index contributed by atoms with van der Waals surface area (Å²) in [5, 5.41) is 11.9. The van der Waals surface area contributed by atoms with Crippen molar-refractivity contribution in [2.45, 2.75) is 57.8 Å². The fourth-order valence-electron chi connectivity index (χ4n) is 5.20. The summed E-state index contributed by atoms with van der Waals surface area (Å²) in [6.45, 7) is 6.99. The van der Waals surface area contributed by atoms with Crippen LogP contribution >= 0.6 is 7.75 Å². The molecule has 2 aliphatic rings. The molecule has 38 heavy (non-hydrogen) atoms. The summed E-state index contributed by atoms with van der Waals surface area (Å²) in [5.74, 6) is -1.91. The van der Waals surface area contributed by atoms with Gasteiger partial charge in [-0.3, -0.25) is 9.32 Å². The quantitative estimate of drug-likeness (QED) is 0.335. The Kier molecular flexibility index (Phi) is 6.91. The predicted octanol–water partition coefficient (Wildman–Crippen LogP) is 3.00. The van der Waals surface area contributed by atoms with Crippen molar-refractivity contribution in [3.8, 4) is 5.75 Å². The third-order valence-electron chi connectivity index (χ3n) is 6.97. The minimum Gasteiger partial charge on any atom is -0.480 e. The predicted molar refractivity (Wildman–Crippen MR) is 136 cm³/mol. The van der Waals surface area contributed by atoms with Gasteiger partial charge in [0.05, 0.1) is 25.1 Å². The number of fused-ring (bicyclic) bond motifs is 2. The first-order valence-corrected chi connectivity index (χ1v) is 13.8. The number of aliphatic carboxylic acids is 1. The molecule has 204 valence electrons. The lowest BCUT2D eigenvalue weighted by molar-refractivity contribution is -0.166. The van der Waals surface area contributed by atoms with Crippen molar-refractivity contribution in [1.82, 2.24) is 24.6 Å². The third kappa shape index (κ3) is 4.99. The van der Waals surface area contributed by atoms with Crippen LogP contribution < -0.4 is 15.3 Å². The molecule has 1 aliphatic heterocycles. The number of nitrogens with one attached hydrogen (secondary N) is 1. The lowest BCUT2D eigenvalue weighted by Gasteiger charge is -2.30. The molecule has 0 spiro atoms. The molecular weight excluding hydrogens is 515 g/mol. The smallest absolute Gasteiger partial charge is 0.459 e. The maximum atomic E-state index is 13.8. The van der Waals surface area contributed by atoms with Gasteiger partial charge in [0.25, 0.3) is 0 Å². The number of carbonyl (C=O) groups is 1. The molecule has 2 aromatic heterocycles. The zero-order valence-corrected chi connectivity index (χ0v) is 22.3. The van der Waals surface area contributed by atoms with Crippen molar-refractivity contribution in [3.63, 3.8) is 0 Å². The number of rotatable bonds is 9. The zero-order chi connectivity index (χ0) is 27.2. The number of imidazole rings is 1. The summed E-state index contributed by atoms with van der Waals surface area (Å²) in [5.41, 5.74) is 7.06. The van der Waals surface area contributed by atoms with Gasteiger partial charge in [0, 0.05) is 5.92 Å². The fourth-order valence-corrected chi connectivity index (χ4v) is 6.73. The first-order valence-electron chi connectivity index (χ1n) is 12.3. The van der Waals surface area contributed by atoms with Gasteiger partial charge in [-0.15, -0.1) is 0 Å². The van der Waals surface area contributed by atoms with Crippen molar-refractivity contribution in [2.75, 3.05) is 12.3 Å². The lowest BCUT2D eigenvalue weighted by Crippen LogP contribution is -2.35. The number of benzene rings is 1. The van der Waals surface area contributed by atoms with Crippen molar-refractivity contribution in [2.24, 2.45) is 11.8 Å². The molecule has 2 fully saturated rings. The lowest BCUT2D eigenvalue weighted by atomic mass is 9.95. The summed E-state index contributed by atoms with van der Waals surface area (Å²) >= 11 is 0. The molecule has 3 aromatic rings. The molecule has 2 unspecified atom stereocenters. The SMILES string of the molecule is CC(N[P@](=O)(OC[C@H]1C(C)[C@@H](n2cnc3c(N)ncnc32)[C@@H]2OC(C)(C)O[C@@H]21)Oc1ccccc1)C(=O)O. The van der Waals surface area contributed by atoms with Crippen LogP contribution in [0.3, 0.4) is 0 Å². The van der Waals surface area contributed by atoms with Crippen LogP contribution in [0.1, 0.15) is 33.7 Å². The van der Waals surface area contributed by atoms with Crippen LogP contribution in [-0.4, -0.2) is 61.2 Å². The van der Waals surface area contributed by atoms with E-state index in [1.54, 1.807) is 36.7 Å². The number of carboxylic acids is 1. The van der Waals surface area contributed by atoms with Crippen molar-refractivity contribution in [1.29, 1.82) is 0 Å². The molecule has 13 nitrogen and oxygen atoms in total. The number of nitrogens with zero attached hydrogens (tertiary/aromatic N) is 4. The molecule has 5 rings (SSSR count). The second kappa shape index (κ2) is 9.90. The van der Waals surface area contributed by atoms with E-state index in [2.05, 4.69) is 20.0 Å². The van der Waals surface area contributed by atoms with Crippen LogP contribution in [0.5, 0.6) is 5.75 Å². The zero-order valence-electron chi connectivity index (χ0n) is 21.4. The van der Waals surface area contributed by atoms with E-state index in [0.717, 1.165) is 0 Å².